The van der Waals surface area contributed by atoms with Crippen LogP contribution in [0.15, 0.2) is 34.7 Å². The molecule has 0 aromatic carbocycles. The maximum atomic E-state index is 13.6. The lowest BCUT2D eigenvalue weighted by Crippen LogP contribution is -2.51. The Kier molecular flexibility index (Phi) is 4.89. The van der Waals surface area contributed by atoms with Crippen molar-refractivity contribution in [3.8, 4) is 0 Å². The van der Waals surface area contributed by atoms with Crippen molar-refractivity contribution in [1.82, 2.24) is 15.5 Å². The SMILES string of the molecule is CC1=CC(=C2C(=O)NC(=S)NC2=O)C=C(C(F)(F)F)N1C[C@@H]1CCCO1. The summed E-state index contributed by atoms with van der Waals surface area (Å²) in [7, 11) is 0. The van der Waals surface area contributed by atoms with Crippen molar-refractivity contribution in [2.45, 2.75) is 32.0 Å². The van der Waals surface area contributed by atoms with Crippen LogP contribution in [0.1, 0.15) is 19.8 Å². The Labute approximate surface area is 152 Å². The van der Waals surface area contributed by atoms with Crippen molar-refractivity contribution < 1.29 is 27.5 Å². The number of rotatable bonds is 2. The van der Waals surface area contributed by atoms with Crippen LogP contribution >= 0.6 is 12.2 Å². The number of nitrogens with zero attached hydrogens (tertiary/aromatic N) is 1. The number of carbonyl (C=O) groups is 2. The first kappa shape index (κ1) is 18.6. The van der Waals surface area contributed by atoms with Crippen LogP contribution < -0.4 is 10.6 Å². The molecule has 10 heteroatoms. The maximum absolute atomic E-state index is 13.6. The van der Waals surface area contributed by atoms with Gasteiger partial charge in [-0.2, -0.15) is 13.2 Å². The van der Waals surface area contributed by atoms with E-state index in [0.29, 0.717) is 13.0 Å². The molecule has 2 amide bonds. The standard InChI is InChI=1S/C16H16F3N3O3S/c1-8-5-9(12-13(23)20-15(26)21-14(12)24)6-11(16(17,18)19)22(8)7-10-3-2-4-25-10/h5-6,10H,2-4,7H2,1H3,(H2,20,21,23,24,26)/t10-/m0/s1. The highest BCUT2D eigenvalue weighted by atomic mass is 32.1. The Morgan fingerprint density at radius 3 is 2.46 bits per heavy atom. The van der Waals surface area contributed by atoms with E-state index in [1.54, 1.807) is 0 Å². The third-order valence-corrected chi connectivity index (χ3v) is 4.47. The monoisotopic (exact) mass is 387 g/mol. The lowest BCUT2D eigenvalue weighted by atomic mass is 9.99. The zero-order chi connectivity index (χ0) is 19.1. The Bertz CT molecular complexity index is 742. The molecule has 2 N–H and O–H groups in total. The fourth-order valence-electron chi connectivity index (χ4n) is 3.10. The van der Waals surface area contributed by atoms with Crippen LogP contribution in [0, 0.1) is 0 Å². The molecule has 0 aromatic heterocycles. The minimum atomic E-state index is -4.66. The Morgan fingerprint density at radius 1 is 1.27 bits per heavy atom. The van der Waals surface area contributed by atoms with Gasteiger partial charge in [0.15, 0.2) is 5.11 Å². The summed E-state index contributed by atoms with van der Waals surface area (Å²) in [5.41, 5.74) is -1.19. The van der Waals surface area contributed by atoms with Gasteiger partial charge in [-0.3, -0.25) is 20.2 Å². The molecule has 3 rings (SSSR count). The second kappa shape index (κ2) is 6.84. The first-order chi connectivity index (χ1) is 12.2. The molecule has 0 aromatic rings. The van der Waals surface area contributed by atoms with E-state index in [-0.39, 0.29) is 29.0 Å². The summed E-state index contributed by atoms with van der Waals surface area (Å²) in [6, 6.07) is 0. The summed E-state index contributed by atoms with van der Waals surface area (Å²) in [6.07, 6.45) is -1.26. The summed E-state index contributed by atoms with van der Waals surface area (Å²) in [4.78, 5) is 25.2. The van der Waals surface area contributed by atoms with Crippen molar-refractivity contribution in [2.75, 3.05) is 13.2 Å². The van der Waals surface area contributed by atoms with E-state index in [1.165, 1.54) is 13.0 Å². The second-order valence-electron chi connectivity index (χ2n) is 6.13. The van der Waals surface area contributed by atoms with Crippen LogP contribution in [0.3, 0.4) is 0 Å². The molecule has 26 heavy (non-hydrogen) atoms. The zero-order valence-electron chi connectivity index (χ0n) is 13.8. The molecule has 0 bridgehead atoms. The van der Waals surface area contributed by atoms with Crippen molar-refractivity contribution in [3.05, 3.63) is 34.7 Å². The van der Waals surface area contributed by atoms with E-state index < -0.39 is 29.3 Å². The van der Waals surface area contributed by atoms with E-state index in [4.69, 9.17) is 17.0 Å². The molecule has 0 aliphatic carbocycles. The molecule has 3 heterocycles. The van der Waals surface area contributed by atoms with Crippen molar-refractivity contribution in [1.29, 1.82) is 0 Å². The smallest absolute Gasteiger partial charge is 0.376 e. The van der Waals surface area contributed by atoms with Gasteiger partial charge in [-0.25, -0.2) is 0 Å². The number of ether oxygens (including phenoxy) is 1. The van der Waals surface area contributed by atoms with Gasteiger partial charge in [0.25, 0.3) is 11.8 Å². The lowest BCUT2D eigenvalue weighted by Gasteiger charge is -2.34. The summed E-state index contributed by atoms with van der Waals surface area (Å²) in [5, 5.41) is 4.27. The van der Waals surface area contributed by atoms with Gasteiger partial charge in [0.1, 0.15) is 11.3 Å². The molecule has 2 fully saturated rings. The maximum Gasteiger partial charge on any atom is 0.431 e. The number of nitrogens with one attached hydrogen (secondary N) is 2. The Hall–Kier alpha value is -2.20. The van der Waals surface area contributed by atoms with Gasteiger partial charge in [0.2, 0.25) is 0 Å². The summed E-state index contributed by atoms with van der Waals surface area (Å²) in [6.45, 7) is 2.08. The average molecular weight is 387 g/mol. The van der Waals surface area contributed by atoms with Gasteiger partial charge in [-0.1, -0.05) is 0 Å². The first-order valence-electron chi connectivity index (χ1n) is 7.94. The summed E-state index contributed by atoms with van der Waals surface area (Å²) in [5.74, 6) is -1.66. The molecule has 1 atom stereocenters. The van der Waals surface area contributed by atoms with Gasteiger partial charge in [-0.15, -0.1) is 0 Å². The molecule has 3 aliphatic heterocycles. The van der Waals surface area contributed by atoms with E-state index >= 15 is 0 Å². The number of alkyl halides is 3. The highest BCUT2D eigenvalue weighted by molar-refractivity contribution is 7.80. The van der Waals surface area contributed by atoms with E-state index in [0.717, 1.165) is 17.4 Å². The number of amides is 2. The number of allylic oxidation sites excluding steroid dienone is 5. The van der Waals surface area contributed by atoms with Gasteiger partial charge in [0, 0.05) is 18.8 Å². The van der Waals surface area contributed by atoms with E-state index in [1.807, 2.05) is 0 Å². The fraction of sp³-hybridized carbons (Fsp3) is 0.438. The predicted octanol–water partition coefficient (Wildman–Crippen LogP) is 1.66. The predicted molar refractivity (Wildman–Crippen MR) is 89.5 cm³/mol. The van der Waals surface area contributed by atoms with Gasteiger partial charge in [0.05, 0.1) is 6.10 Å². The van der Waals surface area contributed by atoms with Crippen LogP contribution in [-0.2, 0) is 14.3 Å². The van der Waals surface area contributed by atoms with Gasteiger partial charge in [-0.05, 0) is 49.7 Å². The van der Waals surface area contributed by atoms with Gasteiger partial charge >= 0.3 is 6.18 Å². The molecule has 0 saturated carbocycles. The quantitative estimate of drug-likeness (QED) is 0.429. The Morgan fingerprint density at radius 2 is 1.92 bits per heavy atom. The topological polar surface area (TPSA) is 70.7 Å². The normalized spacial score (nSPS) is 24.4. The number of hydrogen-bond donors (Lipinski definition) is 2. The largest absolute Gasteiger partial charge is 0.431 e. The van der Waals surface area contributed by atoms with E-state index in [9.17, 15) is 22.8 Å². The van der Waals surface area contributed by atoms with Gasteiger partial charge < -0.3 is 9.64 Å². The minimum Gasteiger partial charge on any atom is -0.376 e. The molecule has 140 valence electrons. The minimum absolute atomic E-state index is 0.0543. The third kappa shape index (κ3) is 3.65. The van der Waals surface area contributed by atoms with Crippen molar-refractivity contribution >= 4 is 29.1 Å². The van der Waals surface area contributed by atoms with Crippen LogP contribution in [0.4, 0.5) is 13.2 Å². The first-order valence-corrected chi connectivity index (χ1v) is 8.35. The molecule has 0 spiro atoms. The molecule has 2 saturated heterocycles. The molecule has 6 nitrogen and oxygen atoms in total. The zero-order valence-corrected chi connectivity index (χ0v) is 14.6. The summed E-state index contributed by atoms with van der Waals surface area (Å²) >= 11 is 4.70. The van der Waals surface area contributed by atoms with Crippen LogP contribution in [0.2, 0.25) is 0 Å². The highest BCUT2D eigenvalue weighted by Gasteiger charge is 2.42. The van der Waals surface area contributed by atoms with Crippen LogP contribution in [0.25, 0.3) is 0 Å². The second-order valence-corrected chi connectivity index (χ2v) is 6.53. The van der Waals surface area contributed by atoms with Crippen LogP contribution in [-0.4, -0.2) is 47.3 Å². The summed E-state index contributed by atoms with van der Waals surface area (Å²) < 4.78 is 46.3. The molecular weight excluding hydrogens is 371 g/mol. The molecule has 0 unspecified atom stereocenters. The third-order valence-electron chi connectivity index (χ3n) is 4.27. The van der Waals surface area contributed by atoms with Crippen molar-refractivity contribution in [2.24, 2.45) is 0 Å². The lowest BCUT2D eigenvalue weighted by molar-refractivity contribution is -0.123. The van der Waals surface area contributed by atoms with E-state index in [2.05, 4.69) is 10.6 Å². The Balaban J connectivity index is 2.01. The molecule has 0 radical (unpaired) electrons. The highest BCUT2D eigenvalue weighted by Crippen LogP contribution is 2.37. The number of thiocarbonyl (C=S) groups is 1. The fourth-order valence-corrected chi connectivity index (χ4v) is 3.29. The molecular formula is C16H16F3N3O3S. The number of halogens is 3. The number of carbonyl (C=O) groups excluding carboxylic acids is 2. The number of hydrogen-bond acceptors (Lipinski definition) is 5. The van der Waals surface area contributed by atoms with Crippen LogP contribution in [0.5, 0.6) is 0 Å². The average Bonchev–Trinajstić information content (AvgIpc) is 3.00. The van der Waals surface area contributed by atoms with Crippen molar-refractivity contribution in [3.63, 3.8) is 0 Å². The molecule has 3 aliphatic rings.